The molecule has 0 saturated heterocycles. The number of benzene rings is 2. The average Bonchev–Trinajstić information content (AvgIpc) is 3.54. The van der Waals surface area contributed by atoms with Gasteiger partial charge in [0.05, 0.1) is 5.69 Å². The molecule has 1 N–H and O–H groups in total. The number of allylic oxidation sites excluding steroid dienone is 1. The number of aryl methyl sites for hydroxylation is 1. The molecule has 164 valence electrons. The number of unbranched alkanes of at least 4 members (excludes halogenated alkanes) is 1. The molecule has 1 saturated carbocycles. The van der Waals surface area contributed by atoms with E-state index in [2.05, 4.69) is 15.5 Å². The van der Waals surface area contributed by atoms with Crippen LogP contribution < -0.4 is 5.32 Å². The van der Waals surface area contributed by atoms with Gasteiger partial charge in [0.1, 0.15) is 11.6 Å². The highest BCUT2D eigenvalue weighted by molar-refractivity contribution is 5.87. The van der Waals surface area contributed by atoms with E-state index in [0.29, 0.717) is 6.54 Å². The van der Waals surface area contributed by atoms with Crippen molar-refractivity contribution in [1.82, 2.24) is 15.5 Å². The van der Waals surface area contributed by atoms with E-state index in [4.69, 9.17) is 0 Å². The Labute approximate surface area is 186 Å². The minimum Gasteiger partial charge on any atom is -0.353 e. The van der Waals surface area contributed by atoms with E-state index in [1.807, 2.05) is 18.2 Å². The van der Waals surface area contributed by atoms with E-state index in [0.717, 1.165) is 42.5 Å². The molecule has 0 spiro atoms. The minimum atomic E-state index is -0.366. The Morgan fingerprint density at radius 3 is 2.25 bits per heavy atom. The van der Waals surface area contributed by atoms with Crippen LogP contribution in [0.1, 0.15) is 36.1 Å². The second-order valence-electron chi connectivity index (χ2n) is 8.12. The fourth-order valence-corrected chi connectivity index (χ4v) is 4.22. The van der Waals surface area contributed by atoms with Crippen LogP contribution in [-0.2, 0) is 16.6 Å². The Kier molecular flexibility index (Phi) is 6.69. The molecule has 0 unspecified atom stereocenters. The fourth-order valence-electron chi connectivity index (χ4n) is 4.22. The number of hydrogen-bond acceptors (Lipinski definition) is 3. The molecule has 3 aromatic rings. The van der Waals surface area contributed by atoms with Crippen LogP contribution in [-0.4, -0.2) is 22.6 Å². The summed E-state index contributed by atoms with van der Waals surface area (Å²) in [6.07, 6.45) is 8.52. The maximum absolute atomic E-state index is 13.4. The standard InChI is InChI=1S/C26H25F2N3O/c27-22-11-6-19(7-12-22)26(20-8-13-23(28)14-9-20)18-21(26)10-15-25(32)29-16-2-1-4-24-5-3-17-30-31-24/h3,5-15,17,21H,1-2,4,16,18H2,(H,29,32)/t21-/m1/s1. The van der Waals surface area contributed by atoms with Gasteiger partial charge in [0.2, 0.25) is 5.91 Å². The SMILES string of the molecule is O=C(C=C[C@@H]1CC1(c1ccc(F)cc1)c1ccc(F)cc1)NCCCCc1cccnn1. The van der Waals surface area contributed by atoms with E-state index in [1.165, 1.54) is 24.3 Å². The lowest BCUT2D eigenvalue weighted by Crippen LogP contribution is -2.22. The van der Waals surface area contributed by atoms with Gasteiger partial charge in [-0.1, -0.05) is 30.3 Å². The second-order valence-corrected chi connectivity index (χ2v) is 8.12. The summed E-state index contributed by atoms with van der Waals surface area (Å²) in [4.78, 5) is 12.3. The molecule has 1 aliphatic rings. The molecule has 2 aromatic carbocycles. The highest BCUT2D eigenvalue weighted by Crippen LogP contribution is 2.59. The van der Waals surface area contributed by atoms with Crippen LogP contribution in [0.4, 0.5) is 8.78 Å². The molecule has 0 aliphatic heterocycles. The van der Waals surface area contributed by atoms with Gasteiger partial charge in [0.25, 0.3) is 0 Å². The molecule has 0 bridgehead atoms. The first kappa shape index (κ1) is 21.8. The van der Waals surface area contributed by atoms with Crippen LogP contribution in [0.15, 0.2) is 79.0 Å². The summed E-state index contributed by atoms with van der Waals surface area (Å²) in [5, 5.41) is 10.8. The predicted molar refractivity (Wildman–Crippen MR) is 119 cm³/mol. The van der Waals surface area contributed by atoms with Crippen LogP contribution in [0, 0.1) is 17.6 Å². The number of aromatic nitrogens is 2. The summed E-state index contributed by atoms with van der Waals surface area (Å²) in [6, 6.07) is 16.6. The summed E-state index contributed by atoms with van der Waals surface area (Å²) in [5.74, 6) is -0.645. The molecular formula is C26H25F2N3O. The van der Waals surface area contributed by atoms with Crippen molar-refractivity contribution in [1.29, 1.82) is 0 Å². The van der Waals surface area contributed by atoms with E-state index in [-0.39, 0.29) is 28.9 Å². The first-order chi connectivity index (χ1) is 15.6. The van der Waals surface area contributed by atoms with Crippen molar-refractivity contribution in [2.75, 3.05) is 6.54 Å². The largest absolute Gasteiger partial charge is 0.353 e. The van der Waals surface area contributed by atoms with E-state index in [1.54, 1.807) is 36.5 Å². The molecule has 6 heteroatoms. The summed E-state index contributed by atoms with van der Waals surface area (Å²) in [7, 11) is 0. The Morgan fingerprint density at radius 2 is 1.66 bits per heavy atom. The smallest absolute Gasteiger partial charge is 0.243 e. The second kappa shape index (κ2) is 9.81. The van der Waals surface area contributed by atoms with Crippen molar-refractivity contribution < 1.29 is 13.6 Å². The normalized spacial score (nSPS) is 16.8. The Balaban J connectivity index is 1.33. The number of carbonyl (C=O) groups excluding carboxylic acids is 1. The lowest BCUT2D eigenvalue weighted by molar-refractivity contribution is -0.116. The van der Waals surface area contributed by atoms with Crippen molar-refractivity contribution in [3.63, 3.8) is 0 Å². The van der Waals surface area contributed by atoms with Crippen molar-refractivity contribution in [2.45, 2.75) is 31.1 Å². The zero-order valence-electron chi connectivity index (χ0n) is 17.7. The van der Waals surface area contributed by atoms with Gasteiger partial charge >= 0.3 is 0 Å². The fraction of sp³-hybridized carbons (Fsp3) is 0.269. The van der Waals surface area contributed by atoms with Crippen molar-refractivity contribution >= 4 is 5.91 Å². The monoisotopic (exact) mass is 433 g/mol. The highest BCUT2D eigenvalue weighted by Gasteiger charge is 2.55. The molecule has 1 atom stereocenters. The molecule has 32 heavy (non-hydrogen) atoms. The van der Waals surface area contributed by atoms with Crippen molar-refractivity contribution in [2.24, 2.45) is 5.92 Å². The van der Waals surface area contributed by atoms with Crippen LogP contribution in [0.25, 0.3) is 0 Å². The van der Waals surface area contributed by atoms with Gasteiger partial charge in [-0.2, -0.15) is 10.2 Å². The van der Waals surface area contributed by atoms with Crippen LogP contribution in [0.2, 0.25) is 0 Å². The third-order valence-electron chi connectivity index (χ3n) is 6.00. The van der Waals surface area contributed by atoms with Gasteiger partial charge in [-0.3, -0.25) is 4.79 Å². The number of rotatable bonds is 9. The molecule has 0 radical (unpaired) electrons. The van der Waals surface area contributed by atoms with Gasteiger partial charge in [-0.05, 0) is 85.2 Å². The summed E-state index contributed by atoms with van der Waals surface area (Å²) in [6.45, 7) is 0.592. The van der Waals surface area contributed by atoms with Crippen molar-refractivity contribution in [3.8, 4) is 0 Å². The predicted octanol–water partition coefficient (Wildman–Crippen LogP) is 4.76. The zero-order chi connectivity index (χ0) is 22.4. The van der Waals surface area contributed by atoms with Crippen molar-refractivity contribution in [3.05, 3.63) is 107 Å². The highest BCUT2D eigenvalue weighted by atomic mass is 19.1. The molecular weight excluding hydrogens is 408 g/mol. The number of hydrogen-bond donors (Lipinski definition) is 1. The van der Waals surface area contributed by atoms with Gasteiger partial charge in [-0.25, -0.2) is 8.78 Å². The Hall–Kier alpha value is -3.41. The molecule has 4 rings (SSSR count). The van der Waals surface area contributed by atoms with Gasteiger partial charge in [-0.15, -0.1) is 0 Å². The Morgan fingerprint density at radius 1 is 1.00 bits per heavy atom. The lowest BCUT2D eigenvalue weighted by atomic mass is 9.85. The first-order valence-corrected chi connectivity index (χ1v) is 10.8. The summed E-state index contributed by atoms with van der Waals surface area (Å²) in [5.41, 5.74) is 2.51. The summed E-state index contributed by atoms with van der Waals surface area (Å²) >= 11 is 0. The molecule has 4 nitrogen and oxygen atoms in total. The maximum atomic E-state index is 13.4. The van der Waals surface area contributed by atoms with E-state index < -0.39 is 0 Å². The molecule has 1 heterocycles. The topological polar surface area (TPSA) is 54.9 Å². The maximum Gasteiger partial charge on any atom is 0.243 e. The molecule has 1 aromatic heterocycles. The zero-order valence-corrected chi connectivity index (χ0v) is 17.7. The number of nitrogens with zero attached hydrogens (tertiary/aromatic N) is 2. The summed E-state index contributed by atoms with van der Waals surface area (Å²) < 4.78 is 26.9. The van der Waals surface area contributed by atoms with Gasteiger partial charge < -0.3 is 5.32 Å². The van der Waals surface area contributed by atoms with E-state index in [9.17, 15) is 13.6 Å². The molecule has 1 amide bonds. The Bertz CT molecular complexity index is 1020. The van der Waals surface area contributed by atoms with Crippen LogP contribution >= 0.6 is 0 Å². The lowest BCUT2D eigenvalue weighted by Gasteiger charge is -2.18. The minimum absolute atomic E-state index is 0.0841. The quantitative estimate of drug-likeness (QED) is 0.391. The number of halogens is 2. The average molecular weight is 434 g/mol. The number of carbonyl (C=O) groups is 1. The third kappa shape index (κ3) is 5.07. The molecule has 1 aliphatic carbocycles. The third-order valence-corrected chi connectivity index (χ3v) is 6.00. The van der Waals surface area contributed by atoms with Crippen LogP contribution in [0.5, 0.6) is 0 Å². The number of nitrogens with one attached hydrogen (secondary N) is 1. The first-order valence-electron chi connectivity index (χ1n) is 10.8. The van der Waals surface area contributed by atoms with Gasteiger partial charge in [0.15, 0.2) is 0 Å². The number of amides is 1. The van der Waals surface area contributed by atoms with E-state index >= 15 is 0 Å². The van der Waals surface area contributed by atoms with Crippen LogP contribution in [0.3, 0.4) is 0 Å². The van der Waals surface area contributed by atoms with Gasteiger partial charge in [0, 0.05) is 18.2 Å². The molecule has 1 fully saturated rings.